The van der Waals surface area contributed by atoms with E-state index in [1.807, 2.05) is 6.92 Å². The summed E-state index contributed by atoms with van der Waals surface area (Å²) in [5.74, 6) is -1.38. The molecule has 0 spiro atoms. The lowest BCUT2D eigenvalue weighted by Crippen LogP contribution is -2.33. The molecule has 2 rings (SSSR count). The number of nitrogens with one attached hydrogen (secondary N) is 1. The van der Waals surface area contributed by atoms with Crippen LogP contribution in [0.25, 0.3) is 0 Å². The van der Waals surface area contributed by atoms with Crippen molar-refractivity contribution in [3.05, 3.63) is 29.8 Å². The molecule has 2 N–H and O–H groups in total. The molecule has 116 valence electrons. The summed E-state index contributed by atoms with van der Waals surface area (Å²) in [4.78, 5) is 11.3. The fraction of sp³-hybridized carbons (Fsp3) is 0.533. The molecule has 0 aromatic heterocycles. The summed E-state index contributed by atoms with van der Waals surface area (Å²) in [5, 5.41) is 9.11. The highest BCUT2D eigenvalue weighted by molar-refractivity contribution is 7.89. The molecule has 0 bridgehead atoms. The summed E-state index contributed by atoms with van der Waals surface area (Å²) in [6.45, 7) is 2.20. The van der Waals surface area contributed by atoms with Gasteiger partial charge in [0.05, 0.1) is 10.8 Å². The van der Waals surface area contributed by atoms with Gasteiger partial charge < -0.3 is 5.11 Å². The van der Waals surface area contributed by atoms with Crippen LogP contribution in [0.1, 0.15) is 31.7 Å². The van der Waals surface area contributed by atoms with Crippen molar-refractivity contribution >= 4 is 16.0 Å². The van der Waals surface area contributed by atoms with Crippen LogP contribution in [0.15, 0.2) is 29.2 Å². The highest BCUT2D eigenvalue weighted by atomic mass is 32.2. The Bertz CT molecular complexity index is 595. The van der Waals surface area contributed by atoms with Gasteiger partial charge in [0.1, 0.15) is 0 Å². The van der Waals surface area contributed by atoms with Gasteiger partial charge in [-0.2, -0.15) is 0 Å². The van der Waals surface area contributed by atoms with Gasteiger partial charge in [-0.1, -0.05) is 25.5 Å². The minimum atomic E-state index is -3.56. The maximum Gasteiger partial charge on any atom is 0.306 e. The molecule has 6 heteroatoms. The van der Waals surface area contributed by atoms with E-state index in [1.54, 1.807) is 24.3 Å². The number of carbonyl (C=O) groups is 1. The Morgan fingerprint density at radius 2 is 1.95 bits per heavy atom. The zero-order valence-electron chi connectivity index (χ0n) is 12.1. The number of carboxylic acid groups (broad SMARTS) is 1. The maximum absolute atomic E-state index is 12.2. The van der Waals surface area contributed by atoms with Gasteiger partial charge in [0.25, 0.3) is 0 Å². The van der Waals surface area contributed by atoms with Crippen molar-refractivity contribution in [2.75, 3.05) is 6.54 Å². The molecule has 1 aliphatic rings. The maximum atomic E-state index is 12.2. The van der Waals surface area contributed by atoms with Gasteiger partial charge in [0.15, 0.2) is 0 Å². The number of hydrogen-bond donors (Lipinski definition) is 2. The van der Waals surface area contributed by atoms with Gasteiger partial charge in [0.2, 0.25) is 10.0 Å². The lowest BCUT2D eigenvalue weighted by Gasteiger charge is -2.16. The molecule has 0 radical (unpaired) electrons. The molecule has 0 saturated heterocycles. The van der Waals surface area contributed by atoms with Gasteiger partial charge in [0, 0.05) is 6.54 Å². The van der Waals surface area contributed by atoms with E-state index in [2.05, 4.69) is 4.72 Å². The third-order valence-electron chi connectivity index (χ3n) is 4.15. The minimum absolute atomic E-state index is 0.118. The number of aliphatic carboxylic acids is 1. The van der Waals surface area contributed by atoms with Crippen molar-refractivity contribution in [2.24, 2.45) is 11.8 Å². The lowest BCUT2D eigenvalue weighted by molar-refractivity contribution is -0.142. The van der Waals surface area contributed by atoms with Crippen molar-refractivity contribution < 1.29 is 18.3 Å². The lowest BCUT2D eigenvalue weighted by atomic mass is 9.97. The van der Waals surface area contributed by atoms with Crippen LogP contribution in [0.2, 0.25) is 0 Å². The highest BCUT2D eigenvalue weighted by Gasteiger charge is 2.33. The monoisotopic (exact) mass is 311 g/mol. The molecule has 21 heavy (non-hydrogen) atoms. The fourth-order valence-electron chi connectivity index (χ4n) is 2.81. The van der Waals surface area contributed by atoms with Crippen LogP contribution in [-0.4, -0.2) is 26.0 Å². The van der Waals surface area contributed by atoms with E-state index in [1.165, 1.54) is 0 Å². The SMILES string of the molecule is CCc1ccc(S(=O)(=O)NCC2CCCC2C(=O)O)cc1. The number of sulfonamides is 1. The molecule has 2 atom stereocenters. The summed E-state index contributed by atoms with van der Waals surface area (Å²) in [5.41, 5.74) is 1.08. The Balaban J connectivity index is 2.02. The third kappa shape index (κ3) is 3.83. The molecular weight excluding hydrogens is 290 g/mol. The molecule has 2 unspecified atom stereocenters. The summed E-state index contributed by atoms with van der Waals surface area (Å²) in [6.07, 6.45) is 3.09. The van der Waals surface area contributed by atoms with E-state index in [9.17, 15) is 13.2 Å². The molecule has 1 aliphatic carbocycles. The molecule has 0 heterocycles. The molecule has 1 aromatic carbocycles. The minimum Gasteiger partial charge on any atom is -0.481 e. The largest absolute Gasteiger partial charge is 0.481 e. The first-order valence-corrected chi connectivity index (χ1v) is 8.73. The first kappa shape index (κ1) is 16.0. The van der Waals surface area contributed by atoms with Crippen LogP contribution >= 0.6 is 0 Å². The van der Waals surface area contributed by atoms with Gasteiger partial charge >= 0.3 is 5.97 Å². The average molecular weight is 311 g/mol. The standard InChI is InChI=1S/C15H21NO4S/c1-2-11-6-8-13(9-7-11)21(19,20)16-10-12-4-3-5-14(12)15(17)18/h6-9,12,14,16H,2-5,10H2,1H3,(H,17,18). The summed E-state index contributed by atoms with van der Waals surface area (Å²) < 4.78 is 27.0. The second kappa shape index (κ2) is 6.58. The van der Waals surface area contributed by atoms with Crippen LogP contribution in [0, 0.1) is 11.8 Å². The summed E-state index contributed by atoms with van der Waals surface area (Å²) in [7, 11) is -3.56. The molecule has 0 amide bonds. The van der Waals surface area contributed by atoms with Crippen LogP contribution in [0.3, 0.4) is 0 Å². The fourth-order valence-corrected chi connectivity index (χ4v) is 3.91. The Kier molecular flexibility index (Phi) is 5.00. The first-order chi connectivity index (χ1) is 9.94. The normalized spacial score (nSPS) is 22.3. The van der Waals surface area contributed by atoms with Crippen LogP contribution in [0.4, 0.5) is 0 Å². The average Bonchev–Trinajstić information content (AvgIpc) is 2.94. The Morgan fingerprint density at radius 1 is 1.29 bits per heavy atom. The predicted molar refractivity (Wildman–Crippen MR) is 79.5 cm³/mol. The highest BCUT2D eigenvalue weighted by Crippen LogP contribution is 2.31. The number of rotatable bonds is 6. The predicted octanol–water partition coefficient (Wildman–Crippen LogP) is 2.03. The first-order valence-electron chi connectivity index (χ1n) is 7.25. The number of carboxylic acids is 1. The molecule has 5 nitrogen and oxygen atoms in total. The Hall–Kier alpha value is -1.40. The van der Waals surface area contributed by atoms with Crippen LogP contribution in [-0.2, 0) is 21.2 Å². The number of hydrogen-bond acceptors (Lipinski definition) is 3. The van der Waals surface area contributed by atoms with Crippen molar-refractivity contribution in [1.29, 1.82) is 0 Å². The third-order valence-corrected chi connectivity index (χ3v) is 5.59. The van der Waals surface area contributed by atoms with E-state index in [4.69, 9.17) is 5.11 Å². The van der Waals surface area contributed by atoms with Gasteiger partial charge in [-0.15, -0.1) is 0 Å². The topological polar surface area (TPSA) is 83.5 Å². The van der Waals surface area contributed by atoms with Gasteiger partial charge in [-0.05, 0) is 42.9 Å². The Labute approximate surface area is 125 Å². The zero-order valence-corrected chi connectivity index (χ0v) is 12.9. The van der Waals surface area contributed by atoms with E-state index in [0.717, 1.165) is 24.8 Å². The quantitative estimate of drug-likeness (QED) is 0.842. The zero-order chi connectivity index (χ0) is 15.5. The van der Waals surface area contributed by atoms with E-state index in [0.29, 0.717) is 6.42 Å². The molecule has 1 fully saturated rings. The van der Waals surface area contributed by atoms with Gasteiger partial charge in [-0.3, -0.25) is 4.79 Å². The smallest absolute Gasteiger partial charge is 0.306 e. The number of aryl methyl sites for hydroxylation is 1. The van der Waals surface area contributed by atoms with Gasteiger partial charge in [-0.25, -0.2) is 13.1 Å². The van der Waals surface area contributed by atoms with Crippen LogP contribution < -0.4 is 4.72 Å². The second-order valence-corrected chi connectivity index (χ2v) is 7.25. The van der Waals surface area contributed by atoms with E-state index < -0.39 is 21.9 Å². The molecule has 1 aromatic rings. The Morgan fingerprint density at radius 3 is 2.52 bits per heavy atom. The van der Waals surface area contributed by atoms with Crippen LogP contribution in [0.5, 0.6) is 0 Å². The van der Waals surface area contributed by atoms with Crippen molar-refractivity contribution in [3.63, 3.8) is 0 Å². The summed E-state index contributed by atoms with van der Waals surface area (Å²) in [6, 6.07) is 6.77. The van der Waals surface area contributed by atoms with E-state index in [-0.39, 0.29) is 17.4 Å². The number of benzene rings is 1. The molecule has 0 aliphatic heterocycles. The summed E-state index contributed by atoms with van der Waals surface area (Å²) >= 11 is 0. The second-order valence-electron chi connectivity index (χ2n) is 5.49. The van der Waals surface area contributed by atoms with Crippen molar-refractivity contribution in [1.82, 2.24) is 4.72 Å². The molecule has 1 saturated carbocycles. The van der Waals surface area contributed by atoms with E-state index >= 15 is 0 Å². The molecular formula is C15H21NO4S. The van der Waals surface area contributed by atoms with Crippen molar-refractivity contribution in [3.8, 4) is 0 Å². The van der Waals surface area contributed by atoms with Crippen molar-refractivity contribution in [2.45, 2.75) is 37.5 Å².